The fraction of sp³-hybridized carbons (Fsp3) is 0. The van der Waals surface area contributed by atoms with Gasteiger partial charge in [-0.2, -0.15) is 0 Å². The first-order chi connectivity index (χ1) is 5.29. The minimum atomic E-state index is -1.05. The van der Waals surface area contributed by atoms with Crippen LogP contribution in [0, 0.1) is 6.54 Å². The molecule has 1 aromatic carbocycles. The van der Waals surface area contributed by atoms with Crippen molar-refractivity contribution in [2.75, 3.05) is 0 Å². The highest BCUT2D eigenvalue weighted by molar-refractivity contribution is 5.66. The summed E-state index contributed by atoms with van der Waals surface area (Å²) in [7, 11) is 0. The molecule has 0 unspecified atom stereocenters. The minimum Gasteiger partial charge on any atom is -0.465 e. The molecule has 1 rings (SSSR count). The van der Waals surface area contributed by atoms with Crippen LogP contribution in [0.5, 0.6) is 0 Å². The van der Waals surface area contributed by atoms with Crippen molar-refractivity contribution in [1.82, 2.24) is 5.32 Å². The number of hydrogen-bond acceptors (Lipinski definition) is 1. The van der Waals surface area contributed by atoms with Crippen molar-refractivity contribution in [3.8, 4) is 0 Å². The summed E-state index contributed by atoms with van der Waals surface area (Å²) in [4.78, 5) is 10.0. The smallest absolute Gasteiger partial charge is 0.405 e. The van der Waals surface area contributed by atoms with Gasteiger partial charge in [0.1, 0.15) is 0 Å². The third-order valence-electron chi connectivity index (χ3n) is 1.16. The largest absolute Gasteiger partial charge is 0.465 e. The van der Waals surface area contributed by atoms with Gasteiger partial charge in [0.2, 0.25) is 0 Å². The van der Waals surface area contributed by atoms with Crippen molar-refractivity contribution in [2.45, 2.75) is 0 Å². The Morgan fingerprint density at radius 2 is 2.00 bits per heavy atom. The van der Waals surface area contributed by atoms with Crippen LogP contribution in [0.1, 0.15) is 5.56 Å². The predicted molar refractivity (Wildman–Crippen MR) is 41.0 cm³/mol. The van der Waals surface area contributed by atoms with Crippen LogP contribution in [0.4, 0.5) is 4.79 Å². The highest BCUT2D eigenvalue weighted by atomic mass is 16.4. The van der Waals surface area contributed by atoms with Crippen molar-refractivity contribution in [3.63, 3.8) is 0 Å². The Morgan fingerprint density at radius 3 is 2.55 bits per heavy atom. The number of nitrogens with one attached hydrogen (secondary N) is 1. The second kappa shape index (κ2) is 3.61. The molecule has 1 aromatic rings. The number of carbonyl (C=O) groups is 1. The molecule has 0 aromatic heterocycles. The fourth-order valence-corrected chi connectivity index (χ4v) is 0.694. The first kappa shape index (κ1) is 7.60. The van der Waals surface area contributed by atoms with Gasteiger partial charge in [0.25, 0.3) is 0 Å². The maximum absolute atomic E-state index is 10.0. The molecule has 0 spiro atoms. The van der Waals surface area contributed by atoms with E-state index in [1.165, 1.54) is 6.54 Å². The zero-order valence-corrected chi connectivity index (χ0v) is 5.82. The van der Waals surface area contributed by atoms with Gasteiger partial charge in [0.05, 0.1) is 6.54 Å². The van der Waals surface area contributed by atoms with E-state index in [9.17, 15) is 4.79 Å². The van der Waals surface area contributed by atoms with Gasteiger partial charge in [-0.05, 0) is 5.56 Å². The third-order valence-corrected chi connectivity index (χ3v) is 1.16. The Bertz CT molecular complexity index is 233. The lowest BCUT2D eigenvalue weighted by molar-refractivity contribution is 0.197. The van der Waals surface area contributed by atoms with E-state index in [4.69, 9.17) is 5.11 Å². The molecule has 0 saturated heterocycles. The van der Waals surface area contributed by atoms with Gasteiger partial charge in [-0.3, -0.25) is 0 Å². The number of rotatable bonds is 2. The van der Waals surface area contributed by atoms with Crippen molar-refractivity contribution < 1.29 is 9.90 Å². The maximum atomic E-state index is 10.0. The number of benzene rings is 1. The topological polar surface area (TPSA) is 49.3 Å². The van der Waals surface area contributed by atoms with Crippen LogP contribution in [0.3, 0.4) is 0 Å². The molecule has 1 amide bonds. The van der Waals surface area contributed by atoms with Gasteiger partial charge in [-0.15, -0.1) is 0 Å². The Labute approximate surface area is 64.7 Å². The Morgan fingerprint density at radius 1 is 1.36 bits per heavy atom. The van der Waals surface area contributed by atoms with Gasteiger partial charge in [-0.25, -0.2) is 4.79 Å². The molecule has 0 heterocycles. The van der Waals surface area contributed by atoms with E-state index in [-0.39, 0.29) is 0 Å². The molecule has 3 nitrogen and oxygen atoms in total. The average molecular weight is 150 g/mol. The van der Waals surface area contributed by atoms with Crippen molar-refractivity contribution in [3.05, 3.63) is 42.4 Å². The van der Waals surface area contributed by atoms with Crippen LogP contribution < -0.4 is 5.32 Å². The fourth-order valence-electron chi connectivity index (χ4n) is 0.694. The summed E-state index contributed by atoms with van der Waals surface area (Å²) < 4.78 is 0. The summed E-state index contributed by atoms with van der Waals surface area (Å²) in [5, 5.41) is 10.4. The van der Waals surface area contributed by atoms with E-state index >= 15 is 0 Å². The molecular formula is C8H8NO2. The van der Waals surface area contributed by atoms with Crippen LogP contribution >= 0.6 is 0 Å². The van der Waals surface area contributed by atoms with E-state index < -0.39 is 6.09 Å². The van der Waals surface area contributed by atoms with Gasteiger partial charge in [0, 0.05) is 0 Å². The highest BCUT2D eigenvalue weighted by Gasteiger charge is 1.94. The Hall–Kier alpha value is -1.51. The van der Waals surface area contributed by atoms with Crippen LogP contribution in [-0.4, -0.2) is 11.2 Å². The lowest BCUT2D eigenvalue weighted by atomic mass is 10.2. The van der Waals surface area contributed by atoms with E-state index in [0.717, 1.165) is 5.56 Å². The molecule has 0 aliphatic carbocycles. The van der Waals surface area contributed by atoms with Crippen LogP contribution in [0.25, 0.3) is 0 Å². The predicted octanol–water partition coefficient (Wildman–Crippen LogP) is 1.46. The molecule has 0 bridgehead atoms. The monoisotopic (exact) mass is 150 g/mol. The highest BCUT2D eigenvalue weighted by Crippen LogP contribution is 1.98. The summed E-state index contributed by atoms with van der Waals surface area (Å²) in [6.07, 6.45) is -1.05. The molecule has 2 N–H and O–H groups in total. The zero-order valence-electron chi connectivity index (χ0n) is 5.82. The van der Waals surface area contributed by atoms with E-state index in [2.05, 4.69) is 5.32 Å². The summed E-state index contributed by atoms with van der Waals surface area (Å²) in [5.74, 6) is 0. The van der Waals surface area contributed by atoms with Gasteiger partial charge in [-0.1, -0.05) is 30.3 Å². The molecule has 0 fully saturated rings. The maximum Gasteiger partial charge on any atom is 0.405 e. The lowest BCUT2D eigenvalue weighted by Crippen LogP contribution is -2.17. The average Bonchev–Trinajstić information content (AvgIpc) is 2.03. The molecule has 0 aliphatic heterocycles. The number of carboxylic acid groups (broad SMARTS) is 1. The van der Waals surface area contributed by atoms with Crippen LogP contribution in [0.15, 0.2) is 30.3 Å². The number of amides is 1. The Balaban J connectivity index is 2.45. The van der Waals surface area contributed by atoms with Gasteiger partial charge >= 0.3 is 6.09 Å². The summed E-state index contributed by atoms with van der Waals surface area (Å²) in [6.45, 7) is 1.43. The summed E-state index contributed by atoms with van der Waals surface area (Å²) in [6, 6.07) is 9.19. The second-order valence-corrected chi connectivity index (χ2v) is 2.00. The first-order valence-corrected chi connectivity index (χ1v) is 3.17. The van der Waals surface area contributed by atoms with Crippen molar-refractivity contribution in [2.24, 2.45) is 0 Å². The molecular weight excluding hydrogens is 142 g/mol. The standard InChI is InChI=1S/C8H8NO2/c10-8(11)9-6-7-4-2-1-3-5-7/h1-6,9H,(H,10,11). The molecule has 11 heavy (non-hydrogen) atoms. The van der Waals surface area contributed by atoms with E-state index in [1.807, 2.05) is 30.3 Å². The molecule has 57 valence electrons. The summed E-state index contributed by atoms with van der Waals surface area (Å²) >= 11 is 0. The SMILES string of the molecule is O=C(O)N[CH]c1ccccc1. The number of hydrogen-bond donors (Lipinski definition) is 2. The van der Waals surface area contributed by atoms with Crippen molar-refractivity contribution >= 4 is 6.09 Å². The van der Waals surface area contributed by atoms with Crippen molar-refractivity contribution in [1.29, 1.82) is 0 Å². The first-order valence-electron chi connectivity index (χ1n) is 3.17. The van der Waals surface area contributed by atoms with Gasteiger partial charge in [0.15, 0.2) is 0 Å². The van der Waals surface area contributed by atoms with E-state index in [0.29, 0.717) is 0 Å². The Kier molecular flexibility index (Phi) is 2.49. The third kappa shape index (κ3) is 2.71. The lowest BCUT2D eigenvalue weighted by Gasteiger charge is -1.97. The molecule has 0 aliphatic rings. The molecule has 1 radical (unpaired) electrons. The van der Waals surface area contributed by atoms with Crippen LogP contribution in [0.2, 0.25) is 0 Å². The second-order valence-electron chi connectivity index (χ2n) is 2.00. The van der Waals surface area contributed by atoms with Gasteiger partial charge < -0.3 is 10.4 Å². The van der Waals surface area contributed by atoms with Crippen LogP contribution in [-0.2, 0) is 0 Å². The zero-order chi connectivity index (χ0) is 8.10. The minimum absolute atomic E-state index is 0.843. The normalized spacial score (nSPS) is 9.09. The quantitative estimate of drug-likeness (QED) is 0.670. The molecule has 3 heteroatoms. The molecule has 0 atom stereocenters. The van der Waals surface area contributed by atoms with E-state index in [1.54, 1.807) is 0 Å². The molecule has 0 saturated carbocycles. The summed E-state index contributed by atoms with van der Waals surface area (Å²) in [5.41, 5.74) is 0.843.